The molecule has 1 saturated heterocycles. The van der Waals surface area contributed by atoms with Crippen molar-refractivity contribution in [2.75, 3.05) is 30.1 Å². The molecule has 144 valence electrons. The highest BCUT2D eigenvalue weighted by atomic mass is 32.2. The topological polar surface area (TPSA) is 67.9 Å². The van der Waals surface area contributed by atoms with Crippen molar-refractivity contribution >= 4 is 28.3 Å². The lowest BCUT2D eigenvalue weighted by Gasteiger charge is -2.32. The first-order valence-corrected chi connectivity index (χ1v) is 10.6. The average molecular weight is 381 g/mol. The van der Waals surface area contributed by atoms with Crippen LogP contribution in [0.1, 0.15) is 34.6 Å². The van der Waals surface area contributed by atoms with Gasteiger partial charge in [0.25, 0.3) is 0 Å². The van der Waals surface area contributed by atoms with Crippen molar-refractivity contribution in [3.05, 3.63) is 31.2 Å². The van der Waals surface area contributed by atoms with Gasteiger partial charge in [-0.25, -0.2) is 8.42 Å². The van der Waals surface area contributed by atoms with E-state index in [4.69, 9.17) is 9.31 Å². The second kappa shape index (κ2) is 7.80. The molecule has 1 aliphatic rings. The Kier molecular flexibility index (Phi) is 6.33. The molecule has 0 saturated carbocycles. The van der Waals surface area contributed by atoms with E-state index in [2.05, 4.69) is 11.6 Å². The van der Waals surface area contributed by atoms with E-state index in [-0.39, 0.29) is 5.75 Å². The minimum Gasteiger partial charge on any atom is -0.399 e. The molecule has 2 rings (SSSR count). The first kappa shape index (κ1) is 21.1. The smallest absolute Gasteiger partial charge is 0.399 e. The lowest BCUT2D eigenvalue weighted by atomic mass is 9.79. The summed E-state index contributed by atoms with van der Waals surface area (Å²) in [6, 6.07) is 7.12. The maximum Gasteiger partial charge on any atom is 0.494 e. The highest BCUT2D eigenvalue weighted by Crippen LogP contribution is 2.36. The number of sulfonamides is 1. The molecule has 0 atom stereocenters. The van der Waals surface area contributed by atoms with E-state index >= 15 is 0 Å². The van der Waals surface area contributed by atoms with Gasteiger partial charge in [0.05, 0.1) is 23.9 Å². The van der Waals surface area contributed by atoms with E-state index in [1.54, 1.807) is 12.1 Å². The lowest BCUT2D eigenvalue weighted by Crippen LogP contribution is -2.41. The molecule has 8 heteroatoms. The van der Waals surface area contributed by atoms with Gasteiger partial charge in [0, 0.05) is 12.2 Å². The van der Waals surface area contributed by atoms with E-state index in [1.807, 2.05) is 51.7 Å². The predicted octanol–water partition coefficient (Wildman–Crippen LogP) is 1.88. The molecule has 0 spiro atoms. The Morgan fingerprint density at radius 3 is 2.12 bits per heavy atom. The first-order chi connectivity index (χ1) is 12.0. The van der Waals surface area contributed by atoms with Crippen LogP contribution in [0.5, 0.6) is 0 Å². The fourth-order valence-electron chi connectivity index (χ4n) is 2.60. The van der Waals surface area contributed by atoms with Gasteiger partial charge in [0.15, 0.2) is 0 Å². The van der Waals surface area contributed by atoms with Crippen LogP contribution in [-0.2, 0) is 19.3 Å². The van der Waals surface area contributed by atoms with E-state index in [1.165, 1.54) is 0 Å². The standard InChI is InChI=1S/C18H30BN2O4S/c1-7-21(8-2)13-14-26(22,23)20-16-11-9-15(10-12-16)19-24-17(3,4)18(5,6)25-19/h9-12,20H,1,7-8,13-14H2,2-6H3/q+1. The Balaban J connectivity index is 2.00. The Labute approximate surface area is 158 Å². The number of rotatable bonds is 8. The van der Waals surface area contributed by atoms with Crippen molar-refractivity contribution in [3.8, 4) is 0 Å². The predicted molar refractivity (Wildman–Crippen MR) is 107 cm³/mol. The van der Waals surface area contributed by atoms with Crippen LogP contribution < -0.4 is 10.2 Å². The zero-order valence-electron chi connectivity index (χ0n) is 16.4. The molecule has 1 aromatic rings. The summed E-state index contributed by atoms with van der Waals surface area (Å²) in [5.41, 5.74) is 0.581. The molecule has 0 aromatic heterocycles. The van der Waals surface area contributed by atoms with Crippen molar-refractivity contribution in [2.24, 2.45) is 0 Å². The van der Waals surface area contributed by atoms with Crippen molar-refractivity contribution < 1.29 is 17.7 Å². The van der Waals surface area contributed by atoms with Gasteiger partial charge in [-0.1, -0.05) is 19.1 Å². The van der Waals surface area contributed by atoms with Gasteiger partial charge in [-0.2, -0.15) is 0 Å². The second-order valence-electron chi connectivity index (χ2n) is 7.57. The molecule has 0 unspecified atom stereocenters. The van der Waals surface area contributed by atoms with E-state index < -0.39 is 28.3 Å². The van der Waals surface area contributed by atoms with Gasteiger partial charge >= 0.3 is 7.12 Å². The number of anilines is 1. The number of nitrogens with zero attached hydrogens (tertiary/aromatic N) is 1. The summed E-state index contributed by atoms with van der Waals surface area (Å²) < 4.78 is 39.1. The quantitative estimate of drug-likeness (QED) is 0.550. The molecule has 0 amide bonds. The fourth-order valence-corrected chi connectivity index (χ4v) is 3.69. The van der Waals surface area contributed by atoms with Crippen LogP contribution in [0.3, 0.4) is 0 Å². The highest BCUT2D eigenvalue weighted by Gasteiger charge is 2.51. The van der Waals surface area contributed by atoms with Crippen molar-refractivity contribution in [3.63, 3.8) is 0 Å². The monoisotopic (exact) mass is 381 g/mol. The van der Waals surface area contributed by atoms with Crippen LogP contribution in [0.2, 0.25) is 0 Å². The molecule has 0 radical (unpaired) electrons. The molecule has 0 bridgehead atoms. The van der Waals surface area contributed by atoms with Gasteiger partial charge in [-0.3, -0.25) is 9.62 Å². The largest absolute Gasteiger partial charge is 0.494 e. The third-order valence-corrected chi connectivity index (χ3v) is 6.42. The van der Waals surface area contributed by atoms with Crippen molar-refractivity contribution in [1.29, 1.82) is 0 Å². The third-order valence-electron chi connectivity index (χ3n) is 5.15. The normalized spacial score (nSPS) is 19.1. The second-order valence-corrected chi connectivity index (χ2v) is 9.41. The molecule has 1 N–H and O–H groups in total. The maximum atomic E-state index is 12.2. The lowest BCUT2D eigenvalue weighted by molar-refractivity contribution is 0.00578. The molecular formula is C18H30BN2O4S+. The zero-order chi connectivity index (χ0) is 19.6. The molecule has 26 heavy (non-hydrogen) atoms. The summed E-state index contributed by atoms with van der Waals surface area (Å²) in [5, 5.41) is 0. The summed E-state index contributed by atoms with van der Waals surface area (Å²) in [6.45, 7) is 15.6. The van der Waals surface area contributed by atoms with Crippen LogP contribution in [0.15, 0.2) is 24.3 Å². The summed E-state index contributed by atoms with van der Waals surface area (Å²) in [7, 11) is -3.86. The Morgan fingerprint density at radius 2 is 1.65 bits per heavy atom. The van der Waals surface area contributed by atoms with E-state index in [9.17, 15) is 8.42 Å². The minimum absolute atomic E-state index is 0.0370. The third kappa shape index (κ3) is 4.94. The molecular weight excluding hydrogens is 351 g/mol. The van der Waals surface area contributed by atoms with E-state index in [0.717, 1.165) is 12.0 Å². The minimum atomic E-state index is -3.40. The maximum absolute atomic E-state index is 12.2. The van der Waals surface area contributed by atoms with Crippen LogP contribution in [0.4, 0.5) is 5.69 Å². The summed E-state index contributed by atoms with van der Waals surface area (Å²) in [4.78, 5) is 1.97. The molecule has 1 heterocycles. The van der Waals surface area contributed by atoms with Crippen LogP contribution >= 0.6 is 0 Å². The van der Waals surface area contributed by atoms with Crippen LogP contribution in [0.25, 0.3) is 0 Å². The van der Waals surface area contributed by atoms with Gasteiger partial charge in [-0.15, -0.1) is 0 Å². The molecule has 1 aromatic carbocycles. The van der Waals surface area contributed by atoms with Crippen LogP contribution in [0, 0.1) is 6.92 Å². The first-order valence-electron chi connectivity index (χ1n) is 8.97. The number of benzene rings is 1. The molecule has 1 fully saturated rings. The zero-order valence-corrected chi connectivity index (χ0v) is 17.2. The highest BCUT2D eigenvalue weighted by molar-refractivity contribution is 7.92. The Morgan fingerprint density at radius 1 is 1.12 bits per heavy atom. The molecule has 6 nitrogen and oxygen atoms in total. The SMILES string of the molecule is [CH2+]CN(CC)CCS(=O)(=O)Nc1ccc(B2OC(C)(C)C(C)(C)O2)cc1. The summed E-state index contributed by atoms with van der Waals surface area (Å²) in [6.07, 6.45) is 0. The average Bonchev–Trinajstić information content (AvgIpc) is 2.76. The molecule has 0 aliphatic carbocycles. The van der Waals surface area contributed by atoms with Crippen molar-refractivity contribution in [1.82, 2.24) is 4.90 Å². The van der Waals surface area contributed by atoms with Gasteiger partial charge in [-0.05, 0) is 51.8 Å². The summed E-state index contributed by atoms with van der Waals surface area (Å²) >= 11 is 0. The fraction of sp³-hybridized carbons (Fsp3) is 0.611. The van der Waals surface area contributed by atoms with E-state index in [0.29, 0.717) is 18.8 Å². The van der Waals surface area contributed by atoms with Crippen LogP contribution in [-0.4, -0.2) is 57.0 Å². The van der Waals surface area contributed by atoms with Gasteiger partial charge in [0.2, 0.25) is 10.0 Å². The van der Waals surface area contributed by atoms with Gasteiger partial charge < -0.3 is 9.31 Å². The Hall–Kier alpha value is -1.22. The van der Waals surface area contributed by atoms with Crippen molar-refractivity contribution in [2.45, 2.75) is 45.8 Å². The Bertz CT molecular complexity index is 684. The number of hydrogen-bond donors (Lipinski definition) is 1. The van der Waals surface area contributed by atoms with Gasteiger partial charge in [0.1, 0.15) is 6.54 Å². The number of nitrogens with one attached hydrogen (secondary N) is 1. The summed E-state index contributed by atoms with van der Waals surface area (Å²) in [5.74, 6) is 0.0370. The number of hydrogen-bond acceptors (Lipinski definition) is 5. The molecule has 1 aliphatic heterocycles.